The van der Waals surface area contributed by atoms with Crippen molar-refractivity contribution in [3.05, 3.63) is 59.7 Å². The molecule has 0 saturated heterocycles. The highest BCUT2D eigenvalue weighted by Gasteiger charge is 2.26. The van der Waals surface area contributed by atoms with Crippen LogP contribution in [0.4, 0.5) is 11.4 Å². The Morgan fingerprint density at radius 2 is 1.90 bits per heavy atom. The number of carbonyl (C=O) groups excluding carboxylic acids is 1. The summed E-state index contributed by atoms with van der Waals surface area (Å²) in [6.07, 6.45) is 0. The lowest BCUT2D eigenvalue weighted by atomic mass is 9.92. The Balaban J connectivity index is 2.39. The van der Waals surface area contributed by atoms with E-state index in [1.807, 2.05) is 37.3 Å². The first-order chi connectivity index (χ1) is 9.96. The van der Waals surface area contributed by atoms with E-state index >= 15 is 0 Å². The van der Waals surface area contributed by atoms with Gasteiger partial charge in [0.05, 0.1) is 23.5 Å². The Labute approximate surface area is 123 Å². The maximum atomic E-state index is 11.3. The first kappa shape index (κ1) is 14.9. The predicted octanol–water partition coefficient (Wildman–Crippen LogP) is 1.69. The predicted molar refractivity (Wildman–Crippen MR) is 83.9 cm³/mol. The number of nitrogens with two attached hydrogens (primary N) is 2. The number of amides is 1. The first-order valence-corrected chi connectivity index (χ1v) is 6.60. The molecule has 6 N–H and O–H groups in total. The third-order valence-electron chi connectivity index (χ3n) is 3.48. The van der Waals surface area contributed by atoms with Gasteiger partial charge >= 0.3 is 0 Å². The zero-order valence-electron chi connectivity index (χ0n) is 11.8. The minimum absolute atomic E-state index is 0.128. The zero-order valence-corrected chi connectivity index (χ0v) is 11.8. The van der Waals surface area contributed by atoms with Crippen LogP contribution in [0, 0.1) is 0 Å². The highest BCUT2D eigenvalue weighted by atomic mass is 16.3. The minimum atomic E-state index is -0.717. The van der Waals surface area contributed by atoms with Gasteiger partial charge in [0.1, 0.15) is 0 Å². The summed E-state index contributed by atoms with van der Waals surface area (Å²) < 4.78 is 0. The van der Waals surface area contributed by atoms with E-state index in [0.29, 0.717) is 16.9 Å². The molecule has 2 rings (SSSR count). The Morgan fingerprint density at radius 3 is 2.48 bits per heavy atom. The van der Waals surface area contributed by atoms with Crippen LogP contribution in [0.15, 0.2) is 48.5 Å². The van der Waals surface area contributed by atoms with Gasteiger partial charge in [-0.15, -0.1) is 0 Å². The van der Waals surface area contributed by atoms with Crippen molar-refractivity contribution >= 4 is 17.3 Å². The molecule has 0 aliphatic carbocycles. The van der Waals surface area contributed by atoms with E-state index in [2.05, 4.69) is 5.32 Å². The molecule has 0 fully saturated rings. The number of benzene rings is 2. The van der Waals surface area contributed by atoms with Gasteiger partial charge in [-0.3, -0.25) is 4.79 Å². The molecule has 2 aromatic rings. The lowest BCUT2D eigenvalue weighted by Gasteiger charge is -2.31. The van der Waals surface area contributed by atoms with E-state index in [1.165, 1.54) is 0 Å². The number of nitrogens with one attached hydrogen (secondary N) is 1. The molecule has 0 radical (unpaired) electrons. The van der Waals surface area contributed by atoms with E-state index in [0.717, 1.165) is 5.56 Å². The van der Waals surface area contributed by atoms with Crippen LogP contribution in [-0.2, 0) is 5.54 Å². The van der Waals surface area contributed by atoms with Crippen molar-refractivity contribution in [3.8, 4) is 0 Å². The number of primary amides is 1. The van der Waals surface area contributed by atoms with Crippen LogP contribution in [-0.4, -0.2) is 17.6 Å². The molecule has 0 heterocycles. The number of hydrogen-bond donors (Lipinski definition) is 4. The third-order valence-corrected chi connectivity index (χ3v) is 3.48. The van der Waals surface area contributed by atoms with Crippen molar-refractivity contribution in [2.24, 2.45) is 5.73 Å². The van der Waals surface area contributed by atoms with Crippen LogP contribution < -0.4 is 16.8 Å². The largest absolute Gasteiger partial charge is 0.397 e. The van der Waals surface area contributed by atoms with Gasteiger partial charge in [-0.2, -0.15) is 0 Å². The van der Waals surface area contributed by atoms with Gasteiger partial charge < -0.3 is 21.9 Å². The van der Waals surface area contributed by atoms with Crippen molar-refractivity contribution in [2.45, 2.75) is 12.5 Å². The van der Waals surface area contributed by atoms with Crippen LogP contribution in [0.1, 0.15) is 22.8 Å². The van der Waals surface area contributed by atoms with Crippen molar-refractivity contribution in [3.63, 3.8) is 0 Å². The molecule has 5 heteroatoms. The summed E-state index contributed by atoms with van der Waals surface area (Å²) in [7, 11) is 0. The molecule has 1 amide bonds. The zero-order chi connectivity index (χ0) is 15.5. The Bertz CT molecular complexity index is 643. The molecule has 21 heavy (non-hydrogen) atoms. The highest BCUT2D eigenvalue weighted by Crippen LogP contribution is 2.29. The summed E-state index contributed by atoms with van der Waals surface area (Å²) in [6.45, 7) is 1.73. The number of rotatable bonds is 5. The molecule has 0 saturated carbocycles. The second-order valence-corrected chi connectivity index (χ2v) is 5.15. The van der Waals surface area contributed by atoms with E-state index < -0.39 is 11.4 Å². The molecule has 0 bridgehead atoms. The van der Waals surface area contributed by atoms with E-state index in [-0.39, 0.29) is 6.61 Å². The average Bonchev–Trinajstić information content (AvgIpc) is 2.50. The second kappa shape index (κ2) is 5.85. The van der Waals surface area contributed by atoms with E-state index in [4.69, 9.17) is 11.5 Å². The van der Waals surface area contributed by atoms with E-state index in [1.54, 1.807) is 18.2 Å². The molecular weight excluding hydrogens is 266 g/mol. The fourth-order valence-corrected chi connectivity index (χ4v) is 2.12. The van der Waals surface area contributed by atoms with Gasteiger partial charge in [-0.05, 0) is 30.7 Å². The van der Waals surface area contributed by atoms with Crippen LogP contribution in [0.5, 0.6) is 0 Å². The first-order valence-electron chi connectivity index (χ1n) is 6.60. The summed E-state index contributed by atoms with van der Waals surface area (Å²) in [5.74, 6) is -0.525. The van der Waals surface area contributed by atoms with Gasteiger partial charge in [-0.25, -0.2) is 0 Å². The molecule has 5 nitrogen and oxygen atoms in total. The number of hydrogen-bond acceptors (Lipinski definition) is 4. The minimum Gasteiger partial charge on any atom is -0.397 e. The Kier molecular flexibility index (Phi) is 4.14. The molecule has 0 aromatic heterocycles. The molecule has 0 aliphatic heterocycles. The second-order valence-electron chi connectivity index (χ2n) is 5.15. The van der Waals surface area contributed by atoms with E-state index in [9.17, 15) is 9.90 Å². The molecule has 0 spiro atoms. The average molecular weight is 285 g/mol. The third kappa shape index (κ3) is 3.14. The number of carbonyl (C=O) groups is 1. The van der Waals surface area contributed by atoms with Gasteiger partial charge in [0.15, 0.2) is 0 Å². The number of anilines is 2. The lowest BCUT2D eigenvalue weighted by molar-refractivity contribution is 0.100. The van der Waals surface area contributed by atoms with Crippen molar-refractivity contribution < 1.29 is 9.90 Å². The molecule has 2 aromatic carbocycles. The van der Waals surface area contributed by atoms with Crippen molar-refractivity contribution in [1.29, 1.82) is 0 Å². The topological polar surface area (TPSA) is 101 Å². The number of aliphatic hydroxyl groups excluding tert-OH is 1. The maximum absolute atomic E-state index is 11.3. The summed E-state index contributed by atoms with van der Waals surface area (Å²) >= 11 is 0. The van der Waals surface area contributed by atoms with Gasteiger partial charge in [-0.1, -0.05) is 30.3 Å². The van der Waals surface area contributed by atoms with Gasteiger partial charge in [0.25, 0.3) is 0 Å². The summed E-state index contributed by atoms with van der Waals surface area (Å²) in [5.41, 5.74) is 12.8. The Morgan fingerprint density at radius 1 is 1.24 bits per heavy atom. The fraction of sp³-hybridized carbons (Fsp3) is 0.188. The normalized spacial score (nSPS) is 13.4. The number of nitrogen functional groups attached to an aromatic ring is 1. The lowest BCUT2D eigenvalue weighted by Crippen LogP contribution is -2.36. The summed E-state index contributed by atoms with van der Waals surface area (Å²) in [5, 5.41) is 13.0. The standard InChI is InChI=1S/C16H19N3O2/c1-16(10-20,12-5-3-2-4-6-12)19-14-9-11(15(18)21)7-8-13(14)17/h2-9,19-20H,10,17H2,1H3,(H2,18,21). The number of aliphatic hydroxyl groups is 1. The fourth-order valence-electron chi connectivity index (χ4n) is 2.12. The molecular formula is C16H19N3O2. The summed E-state index contributed by atoms with van der Waals surface area (Å²) in [6, 6.07) is 14.3. The molecule has 1 atom stereocenters. The summed E-state index contributed by atoms with van der Waals surface area (Å²) in [4.78, 5) is 11.3. The molecule has 110 valence electrons. The molecule has 1 unspecified atom stereocenters. The molecule has 0 aliphatic rings. The maximum Gasteiger partial charge on any atom is 0.248 e. The highest BCUT2D eigenvalue weighted by molar-refractivity contribution is 5.95. The van der Waals surface area contributed by atoms with Gasteiger partial charge in [0, 0.05) is 5.56 Å². The van der Waals surface area contributed by atoms with Crippen molar-refractivity contribution in [1.82, 2.24) is 0 Å². The van der Waals surface area contributed by atoms with Crippen molar-refractivity contribution in [2.75, 3.05) is 17.7 Å². The van der Waals surface area contributed by atoms with Crippen LogP contribution >= 0.6 is 0 Å². The van der Waals surface area contributed by atoms with Crippen LogP contribution in [0.2, 0.25) is 0 Å². The quantitative estimate of drug-likeness (QED) is 0.628. The van der Waals surface area contributed by atoms with Gasteiger partial charge in [0.2, 0.25) is 5.91 Å². The monoisotopic (exact) mass is 285 g/mol. The van der Waals surface area contributed by atoms with Crippen LogP contribution in [0.3, 0.4) is 0 Å². The van der Waals surface area contributed by atoms with Crippen LogP contribution in [0.25, 0.3) is 0 Å². The SMILES string of the molecule is CC(CO)(Nc1cc(C(N)=O)ccc1N)c1ccccc1. The Hall–Kier alpha value is -2.53. The smallest absolute Gasteiger partial charge is 0.248 e.